The van der Waals surface area contributed by atoms with E-state index in [9.17, 15) is 15.0 Å². The molecule has 4 rings (SSSR count). The molecule has 3 atom stereocenters. The summed E-state index contributed by atoms with van der Waals surface area (Å²) >= 11 is 0. The van der Waals surface area contributed by atoms with E-state index in [0.29, 0.717) is 19.4 Å². The topological polar surface area (TPSA) is 82.9 Å². The standard InChI is InChI=1S/C23H30N2O4/c1-29-17-5-6-21-19(12-17)18(8-10-24-21)22(26)7-4-16-9-11-25(13-15-2-3-15)14-20(16)23(27)28/h5-6,8,10,12,15-16,20,22,26H,2-4,7,9,11,13-14H2,1H3,(H,27,28)/t16-,20+,22?/m1/s1. The van der Waals surface area contributed by atoms with Crippen LogP contribution in [0.2, 0.25) is 0 Å². The van der Waals surface area contributed by atoms with Crippen LogP contribution in [0.3, 0.4) is 0 Å². The molecule has 29 heavy (non-hydrogen) atoms. The first-order valence-electron chi connectivity index (χ1n) is 10.6. The molecule has 1 aromatic carbocycles. The van der Waals surface area contributed by atoms with Crippen LogP contribution >= 0.6 is 0 Å². The van der Waals surface area contributed by atoms with Crippen molar-refractivity contribution in [3.63, 3.8) is 0 Å². The summed E-state index contributed by atoms with van der Waals surface area (Å²) in [5.74, 6) is 0.570. The van der Waals surface area contributed by atoms with E-state index in [1.807, 2.05) is 24.3 Å². The Balaban J connectivity index is 1.42. The number of pyridine rings is 1. The van der Waals surface area contributed by atoms with Gasteiger partial charge in [-0.1, -0.05) is 0 Å². The first-order chi connectivity index (χ1) is 14.0. The molecule has 6 nitrogen and oxygen atoms in total. The Kier molecular flexibility index (Phi) is 6.01. The van der Waals surface area contributed by atoms with Crippen LogP contribution in [0.4, 0.5) is 0 Å². The smallest absolute Gasteiger partial charge is 0.308 e. The van der Waals surface area contributed by atoms with Crippen molar-refractivity contribution in [2.75, 3.05) is 26.7 Å². The van der Waals surface area contributed by atoms with Gasteiger partial charge in [0.2, 0.25) is 0 Å². The zero-order valence-corrected chi connectivity index (χ0v) is 17.0. The van der Waals surface area contributed by atoms with E-state index in [4.69, 9.17) is 4.74 Å². The summed E-state index contributed by atoms with van der Waals surface area (Å²) in [6, 6.07) is 7.50. The lowest BCUT2D eigenvalue weighted by atomic mass is 9.81. The number of fused-ring (bicyclic) bond motifs is 1. The molecular weight excluding hydrogens is 368 g/mol. The largest absolute Gasteiger partial charge is 0.497 e. The summed E-state index contributed by atoms with van der Waals surface area (Å²) in [4.78, 5) is 18.6. The SMILES string of the molecule is COc1ccc2nccc(C(O)CC[C@@H]3CCN(CC4CC4)C[C@@H]3C(=O)O)c2c1. The maximum absolute atomic E-state index is 11.9. The van der Waals surface area contributed by atoms with Crippen molar-refractivity contribution in [2.24, 2.45) is 17.8 Å². The maximum Gasteiger partial charge on any atom is 0.308 e. The monoisotopic (exact) mass is 398 g/mol. The van der Waals surface area contributed by atoms with Crippen molar-refractivity contribution in [1.82, 2.24) is 9.88 Å². The average molecular weight is 399 g/mol. The third-order valence-electron chi connectivity index (χ3n) is 6.52. The van der Waals surface area contributed by atoms with Crippen LogP contribution in [0, 0.1) is 17.8 Å². The molecule has 6 heteroatoms. The lowest BCUT2D eigenvalue weighted by Gasteiger charge is -2.37. The Bertz CT molecular complexity index is 867. The molecule has 0 spiro atoms. The Labute approximate surface area is 171 Å². The fourth-order valence-electron chi connectivity index (χ4n) is 4.62. The first kappa shape index (κ1) is 20.1. The highest BCUT2D eigenvalue weighted by atomic mass is 16.5. The van der Waals surface area contributed by atoms with E-state index in [2.05, 4.69) is 9.88 Å². The second-order valence-electron chi connectivity index (χ2n) is 8.57. The molecule has 0 radical (unpaired) electrons. The van der Waals surface area contributed by atoms with E-state index >= 15 is 0 Å². The van der Waals surface area contributed by atoms with Gasteiger partial charge in [-0.25, -0.2) is 0 Å². The molecule has 2 fully saturated rings. The molecule has 156 valence electrons. The zero-order chi connectivity index (χ0) is 20.4. The van der Waals surface area contributed by atoms with Crippen LogP contribution in [-0.2, 0) is 4.79 Å². The first-order valence-corrected chi connectivity index (χ1v) is 10.6. The maximum atomic E-state index is 11.9. The van der Waals surface area contributed by atoms with Gasteiger partial charge in [0.15, 0.2) is 0 Å². The number of methoxy groups -OCH3 is 1. The van der Waals surface area contributed by atoms with Crippen LogP contribution in [0.15, 0.2) is 30.5 Å². The molecule has 2 aliphatic rings. The molecule has 0 amide bonds. The number of aliphatic carboxylic acids is 1. The second kappa shape index (κ2) is 8.67. The van der Waals surface area contributed by atoms with Crippen LogP contribution in [-0.4, -0.2) is 52.8 Å². The van der Waals surface area contributed by atoms with Gasteiger partial charge in [0.25, 0.3) is 0 Å². The van der Waals surface area contributed by atoms with Gasteiger partial charge in [-0.3, -0.25) is 9.78 Å². The quantitative estimate of drug-likeness (QED) is 0.708. The number of ether oxygens (including phenoxy) is 1. The molecule has 1 aliphatic carbocycles. The lowest BCUT2D eigenvalue weighted by molar-refractivity contribution is -0.146. The number of piperidine rings is 1. The summed E-state index contributed by atoms with van der Waals surface area (Å²) < 4.78 is 5.32. The normalized spacial score (nSPS) is 23.8. The van der Waals surface area contributed by atoms with E-state index in [0.717, 1.165) is 47.6 Å². The minimum Gasteiger partial charge on any atom is -0.497 e. The van der Waals surface area contributed by atoms with Gasteiger partial charge >= 0.3 is 5.97 Å². The van der Waals surface area contributed by atoms with E-state index in [1.165, 1.54) is 12.8 Å². The Morgan fingerprint density at radius 1 is 1.31 bits per heavy atom. The highest BCUT2D eigenvalue weighted by molar-refractivity contribution is 5.83. The van der Waals surface area contributed by atoms with E-state index in [1.54, 1.807) is 13.3 Å². The number of aromatic nitrogens is 1. The number of benzene rings is 1. The van der Waals surface area contributed by atoms with Gasteiger partial charge in [0.05, 0.1) is 24.6 Å². The second-order valence-corrected chi connectivity index (χ2v) is 8.57. The molecule has 2 N–H and O–H groups in total. The average Bonchev–Trinajstić information content (AvgIpc) is 3.55. The van der Waals surface area contributed by atoms with Gasteiger partial charge in [-0.05, 0) is 80.3 Å². The number of hydrogen-bond donors (Lipinski definition) is 2. The van der Waals surface area contributed by atoms with Crippen LogP contribution in [0.25, 0.3) is 10.9 Å². The molecule has 1 saturated carbocycles. The molecule has 1 aliphatic heterocycles. The van der Waals surface area contributed by atoms with Crippen molar-refractivity contribution < 1.29 is 19.7 Å². The molecule has 1 unspecified atom stereocenters. The fraction of sp³-hybridized carbons (Fsp3) is 0.565. The summed E-state index contributed by atoms with van der Waals surface area (Å²) in [5, 5.41) is 21.5. The predicted octanol–water partition coefficient (Wildman–Crippen LogP) is 3.49. The van der Waals surface area contributed by atoms with Gasteiger partial charge in [-0.2, -0.15) is 0 Å². The number of carboxylic acid groups (broad SMARTS) is 1. The van der Waals surface area contributed by atoms with Crippen LogP contribution in [0.1, 0.15) is 43.8 Å². The Hall–Kier alpha value is -2.18. The summed E-state index contributed by atoms with van der Waals surface area (Å²) in [7, 11) is 1.62. The van der Waals surface area contributed by atoms with Crippen molar-refractivity contribution in [1.29, 1.82) is 0 Å². The number of aliphatic hydroxyl groups is 1. The minimum atomic E-state index is -0.705. The van der Waals surface area contributed by atoms with Gasteiger partial charge in [0, 0.05) is 24.7 Å². The number of carbonyl (C=O) groups is 1. The molecule has 2 heterocycles. The number of aliphatic hydroxyl groups excluding tert-OH is 1. The van der Waals surface area contributed by atoms with Crippen LogP contribution < -0.4 is 4.74 Å². The van der Waals surface area contributed by atoms with Gasteiger partial charge in [-0.15, -0.1) is 0 Å². The summed E-state index contributed by atoms with van der Waals surface area (Å²) in [6.07, 6.45) is 5.79. The van der Waals surface area contributed by atoms with Crippen molar-refractivity contribution in [2.45, 2.75) is 38.2 Å². The number of hydrogen-bond acceptors (Lipinski definition) is 5. The highest BCUT2D eigenvalue weighted by Gasteiger charge is 2.36. The number of likely N-dealkylation sites (tertiary alicyclic amines) is 1. The highest BCUT2D eigenvalue weighted by Crippen LogP contribution is 2.36. The zero-order valence-electron chi connectivity index (χ0n) is 17.0. The molecule has 1 saturated heterocycles. The predicted molar refractivity (Wildman–Crippen MR) is 111 cm³/mol. The Morgan fingerprint density at radius 3 is 2.86 bits per heavy atom. The van der Waals surface area contributed by atoms with Crippen molar-refractivity contribution in [3.05, 3.63) is 36.0 Å². The molecular formula is C23H30N2O4. The summed E-state index contributed by atoms with van der Waals surface area (Å²) in [5.41, 5.74) is 1.64. The molecule has 0 bridgehead atoms. The van der Waals surface area contributed by atoms with Gasteiger partial charge < -0.3 is 19.8 Å². The van der Waals surface area contributed by atoms with Crippen molar-refractivity contribution >= 4 is 16.9 Å². The van der Waals surface area contributed by atoms with Gasteiger partial charge in [0.1, 0.15) is 5.75 Å². The fourth-order valence-corrected chi connectivity index (χ4v) is 4.62. The van der Waals surface area contributed by atoms with Crippen LogP contribution in [0.5, 0.6) is 5.75 Å². The van der Waals surface area contributed by atoms with E-state index < -0.39 is 12.1 Å². The number of nitrogens with zero attached hydrogens (tertiary/aromatic N) is 2. The Morgan fingerprint density at radius 2 is 2.14 bits per heavy atom. The lowest BCUT2D eigenvalue weighted by Crippen LogP contribution is -2.44. The third-order valence-corrected chi connectivity index (χ3v) is 6.52. The third kappa shape index (κ3) is 4.70. The number of rotatable bonds is 8. The number of carboxylic acids is 1. The molecule has 2 aromatic rings. The van der Waals surface area contributed by atoms with Crippen molar-refractivity contribution in [3.8, 4) is 5.75 Å². The molecule has 1 aromatic heterocycles. The minimum absolute atomic E-state index is 0.111. The van der Waals surface area contributed by atoms with E-state index in [-0.39, 0.29) is 11.8 Å². The summed E-state index contributed by atoms with van der Waals surface area (Å²) in [6.45, 7) is 2.66.